The molecular formula is C13H17NS. The Bertz CT molecular complexity index is 427. The van der Waals surface area contributed by atoms with Gasteiger partial charge in [0.1, 0.15) is 0 Å². The molecule has 0 spiro atoms. The van der Waals surface area contributed by atoms with Crippen LogP contribution in [0, 0.1) is 33.1 Å². The van der Waals surface area contributed by atoms with Crippen LogP contribution in [0.4, 0.5) is 5.69 Å². The Morgan fingerprint density at radius 3 is 2.13 bits per heavy atom. The molecule has 0 fully saturated rings. The Balaban J connectivity index is 3.54. The molecule has 0 saturated heterocycles. The highest BCUT2D eigenvalue weighted by molar-refractivity contribution is 7.79. The number of nitrogen functional groups attached to an aromatic ring is 1. The van der Waals surface area contributed by atoms with Crippen molar-refractivity contribution in [2.75, 3.05) is 5.73 Å². The maximum atomic E-state index is 6.06. The van der Waals surface area contributed by atoms with E-state index in [0.717, 1.165) is 16.8 Å². The Morgan fingerprint density at radius 2 is 1.67 bits per heavy atom. The summed E-state index contributed by atoms with van der Waals surface area (Å²) in [6.07, 6.45) is 6.01. The van der Waals surface area contributed by atoms with E-state index < -0.39 is 0 Å². The minimum absolute atomic E-state index is 0.642. The lowest BCUT2D eigenvalue weighted by molar-refractivity contribution is 1.13. The summed E-state index contributed by atoms with van der Waals surface area (Å²) in [5.74, 6) is 3.39. The molecule has 1 rings (SSSR count). The van der Waals surface area contributed by atoms with E-state index in [-0.39, 0.29) is 0 Å². The fraction of sp³-hybridized carbons (Fsp3) is 0.385. The molecule has 0 amide bonds. The van der Waals surface area contributed by atoms with E-state index >= 15 is 0 Å². The molecule has 0 atom stereocenters. The first-order chi connectivity index (χ1) is 7.04. The van der Waals surface area contributed by atoms with Crippen LogP contribution in [0.2, 0.25) is 0 Å². The Labute approximate surface area is 97.5 Å². The van der Waals surface area contributed by atoms with Crippen LogP contribution < -0.4 is 5.73 Å². The van der Waals surface area contributed by atoms with Gasteiger partial charge in [0.2, 0.25) is 0 Å². The van der Waals surface area contributed by atoms with Crippen LogP contribution in [0.5, 0.6) is 0 Å². The van der Waals surface area contributed by atoms with Crippen molar-refractivity contribution < 1.29 is 0 Å². The molecule has 80 valence electrons. The molecule has 1 aromatic rings. The maximum Gasteiger partial charge on any atom is 0.0379 e. The average molecular weight is 219 g/mol. The molecule has 0 radical (unpaired) electrons. The minimum Gasteiger partial charge on any atom is -0.398 e. The van der Waals surface area contributed by atoms with E-state index in [1.54, 1.807) is 0 Å². The van der Waals surface area contributed by atoms with Gasteiger partial charge in [-0.2, -0.15) is 12.6 Å². The number of terminal acetylenes is 1. The SMILES string of the molecule is C#CCc1c(C)c(N)c(C)c(CS)c1C. The lowest BCUT2D eigenvalue weighted by Gasteiger charge is -2.18. The lowest BCUT2D eigenvalue weighted by atomic mass is 9.91. The Morgan fingerprint density at radius 1 is 1.13 bits per heavy atom. The largest absolute Gasteiger partial charge is 0.398 e. The van der Waals surface area contributed by atoms with Gasteiger partial charge in [0, 0.05) is 17.9 Å². The summed E-state index contributed by atoms with van der Waals surface area (Å²) < 4.78 is 0. The van der Waals surface area contributed by atoms with Crippen LogP contribution in [-0.2, 0) is 12.2 Å². The van der Waals surface area contributed by atoms with Crippen LogP contribution in [0.25, 0.3) is 0 Å². The zero-order valence-electron chi connectivity index (χ0n) is 9.52. The highest BCUT2D eigenvalue weighted by Gasteiger charge is 2.13. The van der Waals surface area contributed by atoms with E-state index in [1.165, 1.54) is 16.7 Å². The summed E-state index contributed by atoms with van der Waals surface area (Å²) in [5, 5.41) is 0. The topological polar surface area (TPSA) is 26.0 Å². The molecule has 0 aliphatic carbocycles. The molecular weight excluding hydrogens is 202 g/mol. The second-order valence-corrected chi connectivity index (χ2v) is 4.10. The summed E-state index contributed by atoms with van der Waals surface area (Å²) in [6, 6.07) is 0. The average Bonchev–Trinajstić information content (AvgIpc) is 2.22. The van der Waals surface area contributed by atoms with E-state index in [2.05, 4.69) is 25.5 Å². The van der Waals surface area contributed by atoms with Crippen LogP contribution in [0.15, 0.2) is 0 Å². The van der Waals surface area contributed by atoms with Gasteiger partial charge < -0.3 is 5.73 Å². The molecule has 0 heterocycles. The van der Waals surface area contributed by atoms with Crippen LogP contribution in [0.1, 0.15) is 27.8 Å². The summed E-state index contributed by atoms with van der Waals surface area (Å²) in [7, 11) is 0. The highest BCUT2D eigenvalue weighted by atomic mass is 32.1. The minimum atomic E-state index is 0.642. The number of benzene rings is 1. The fourth-order valence-corrected chi connectivity index (χ4v) is 2.43. The van der Waals surface area contributed by atoms with Gasteiger partial charge in [-0.1, -0.05) is 0 Å². The quantitative estimate of drug-likeness (QED) is 0.446. The molecule has 0 aliphatic rings. The number of nitrogens with two attached hydrogens (primary N) is 1. The van der Waals surface area contributed by atoms with Gasteiger partial charge >= 0.3 is 0 Å². The second kappa shape index (κ2) is 4.63. The first-order valence-corrected chi connectivity index (χ1v) is 5.59. The van der Waals surface area contributed by atoms with E-state index in [4.69, 9.17) is 12.2 Å². The number of hydrogen-bond acceptors (Lipinski definition) is 2. The monoisotopic (exact) mass is 219 g/mol. The predicted molar refractivity (Wildman–Crippen MR) is 70.3 cm³/mol. The summed E-state index contributed by atoms with van der Waals surface area (Å²) in [5.41, 5.74) is 12.8. The van der Waals surface area contributed by atoms with E-state index in [0.29, 0.717) is 12.2 Å². The first-order valence-electron chi connectivity index (χ1n) is 4.95. The van der Waals surface area contributed by atoms with Gasteiger partial charge in [-0.15, -0.1) is 12.3 Å². The number of rotatable bonds is 2. The molecule has 0 unspecified atom stereocenters. The molecule has 1 nitrogen and oxygen atoms in total. The van der Waals surface area contributed by atoms with Gasteiger partial charge in [-0.05, 0) is 48.6 Å². The summed E-state index contributed by atoms with van der Waals surface area (Å²) in [6.45, 7) is 6.17. The van der Waals surface area contributed by atoms with Crippen LogP contribution in [-0.4, -0.2) is 0 Å². The van der Waals surface area contributed by atoms with Crippen molar-refractivity contribution in [3.8, 4) is 12.3 Å². The van der Waals surface area contributed by atoms with Crippen molar-refractivity contribution in [2.24, 2.45) is 0 Å². The van der Waals surface area contributed by atoms with Crippen LogP contribution in [0.3, 0.4) is 0 Å². The van der Waals surface area contributed by atoms with Crippen molar-refractivity contribution in [2.45, 2.75) is 32.9 Å². The smallest absolute Gasteiger partial charge is 0.0379 e. The lowest BCUT2D eigenvalue weighted by Crippen LogP contribution is -2.05. The third kappa shape index (κ3) is 1.98. The van der Waals surface area contributed by atoms with Crippen molar-refractivity contribution in [1.82, 2.24) is 0 Å². The number of thiol groups is 1. The predicted octanol–water partition coefficient (Wildman–Crippen LogP) is 2.80. The zero-order chi connectivity index (χ0) is 11.6. The fourth-order valence-electron chi connectivity index (χ4n) is 1.96. The van der Waals surface area contributed by atoms with Crippen molar-refractivity contribution in [1.29, 1.82) is 0 Å². The molecule has 0 bridgehead atoms. The molecule has 0 aromatic heterocycles. The zero-order valence-corrected chi connectivity index (χ0v) is 10.4. The van der Waals surface area contributed by atoms with E-state index in [9.17, 15) is 0 Å². The van der Waals surface area contributed by atoms with Gasteiger partial charge in [0.15, 0.2) is 0 Å². The van der Waals surface area contributed by atoms with Crippen LogP contribution >= 0.6 is 12.6 Å². The van der Waals surface area contributed by atoms with Gasteiger partial charge in [0.25, 0.3) is 0 Å². The first kappa shape index (κ1) is 12.0. The standard InChI is InChI=1S/C13H17NS/c1-5-6-11-8(2)12(7-15)10(4)13(14)9(11)3/h1,15H,6-7,14H2,2-4H3. The van der Waals surface area contributed by atoms with Crippen molar-refractivity contribution in [3.05, 3.63) is 27.8 Å². The number of anilines is 1. The summed E-state index contributed by atoms with van der Waals surface area (Å²) >= 11 is 4.34. The van der Waals surface area contributed by atoms with Gasteiger partial charge in [-0.25, -0.2) is 0 Å². The third-order valence-corrected chi connectivity index (χ3v) is 3.37. The Kier molecular flexibility index (Phi) is 3.71. The summed E-state index contributed by atoms with van der Waals surface area (Å²) in [4.78, 5) is 0. The molecule has 0 aliphatic heterocycles. The molecule has 2 N–H and O–H groups in total. The maximum absolute atomic E-state index is 6.06. The van der Waals surface area contributed by atoms with Crippen molar-refractivity contribution in [3.63, 3.8) is 0 Å². The normalized spacial score (nSPS) is 10.1. The van der Waals surface area contributed by atoms with Gasteiger partial charge in [0.05, 0.1) is 0 Å². The van der Waals surface area contributed by atoms with Gasteiger partial charge in [-0.3, -0.25) is 0 Å². The molecule has 15 heavy (non-hydrogen) atoms. The molecule has 0 saturated carbocycles. The highest BCUT2D eigenvalue weighted by Crippen LogP contribution is 2.30. The number of hydrogen-bond donors (Lipinski definition) is 2. The molecule has 1 aromatic carbocycles. The van der Waals surface area contributed by atoms with Crippen molar-refractivity contribution >= 4 is 18.3 Å². The second-order valence-electron chi connectivity index (χ2n) is 3.78. The van der Waals surface area contributed by atoms with E-state index in [1.807, 2.05) is 13.8 Å². The third-order valence-electron chi connectivity index (χ3n) is 3.06. The Hall–Kier alpha value is -1.07. The molecule has 2 heteroatoms.